The molecule has 0 saturated carbocycles. The van der Waals surface area contributed by atoms with E-state index in [1.54, 1.807) is 0 Å². The summed E-state index contributed by atoms with van der Waals surface area (Å²) in [4.78, 5) is 2.27. The minimum absolute atomic E-state index is 0.0197. The molecule has 1 saturated heterocycles. The molecule has 2 aliphatic heterocycles. The van der Waals surface area contributed by atoms with Crippen LogP contribution in [0.5, 0.6) is 0 Å². The zero-order chi connectivity index (χ0) is 11.3. The quantitative estimate of drug-likeness (QED) is 0.718. The Morgan fingerprint density at radius 2 is 2.19 bits per heavy atom. The van der Waals surface area contributed by atoms with E-state index in [9.17, 15) is 4.39 Å². The molecular weight excluding hydrogens is 203 g/mol. The van der Waals surface area contributed by atoms with Crippen LogP contribution in [0.25, 0.3) is 0 Å². The molecule has 2 nitrogen and oxygen atoms in total. The average Bonchev–Trinajstić information content (AvgIpc) is 2.64. The van der Waals surface area contributed by atoms with Crippen LogP contribution in [0.2, 0.25) is 0 Å². The van der Waals surface area contributed by atoms with Gasteiger partial charge in [0.1, 0.15) is 5.82 Å². The number of aryl methyl sites for hydroxylation is 1. The van der Waals surface area contributed by atoms with Crippen LogP contribution in [-0.2, 0) is 6.42 Å². The summed E-state index contributed by atoms with van der Waals surface area (Å²) >= 11 is 0. The summed E-state index contributed by atoms with van der Waals surface area (Å²) in [5, 5.41) is 3.41. The lowest BCUT2D eigenvalue weighted by atomic mass is 10.1. The number of halogens is 1. The summed E-state index contributed by atoms with van der Waals surface area (Å²) in [6.07, 6.45) is 0.976. The fourth-order valence-electron chi connectivity index (χ4n) is 2.99. The van der Waals surface area contributed by atoms with Crippen molar-refractivity contribution in [3.63, 3.8) is 0 Å². The molecule has 2 heterocycles. The van der Waals surface area contributed by atoms with E-state index >= 15 is 0 Å². The van der Waals surface area contributed by atoms with Crippen molar-refractivity contribution < 1.29 is 4.39 Å². The van der Waals surface area contributed by atoms with Gasteiger partial charge in [0.25, 0.3) is 0 Å². The lowest BCUT2D eigenvalue weighted by Crippen LogP contribution is -2.55. The number of fused-ring (bicyclic) bond motifs is 3. The van der Waals surface area contributed by atoms with Crippen LogP contribution in [0.4, 0.5) is 10.1 Å². The Bertz CT molecular complexity index is 430. The number of hydrogen-bond donors (Lipinski definition) is 1. The van der Waals surface area contributed by atoms with Crippen LogP contribution < -0.4 is 10.2 Å². The topological polar surface area (TPSA) is 15.3 Å². The minimum Gasteiger partial charge on any atom is -0.360 e. The number of piperazine rings is 1. The van der Waals surface area contributed by atoms with E-state index in [4.69, 9.17) is 0 Å². The standard InChI is InChI=1S/C13H17FN2/c1-8-3-4-10-5-11-7-15-6-9(2)16(11)13(10)12(8)14/h3-4,9,11,15H,5-7H2,1-2H3/t9?,11-/m1/s1. The highest BCUT2D eigenvalue weighted by atomic mass is 19.1. The molecule has 3 heteroatoms. The molecule has 16 heavy (non-hydrogen) atoms. The summed E-state index contributed by atoms with van der Waals surface area (Å²) in [7, 11) is 0. The van der Waals surface area contributed by atoms with E-state index in [0.717, 1.165) is 30.8 Å². The molecule has 0 aliphatic carbocycles. The van der Waals surface area contributed by atoms with Gasteiger partial charge in [0.2, 0.25) is 0 Å². The van der Waals surface area contributed by atoms with Gasteiger partial charge in [-0.15, -0.1) is 0 Å². The van der Waals surface area contributed by atoms with Crippen molar-refractivity contribution in [3.05, 3.63) is 29.1 Å². The first kappa shape index (κ1) is 10.1. The molecule has 3 rings (SSSR count). The Balaban J connectivity index is 2.11. The van der Waals surface area contributed by atoms with Crippen LogP contribution >= 0.6 is 0 Å². The van der Waals surface area contributed by atoms with Crippen molar-refractivity contribution in [1.82, 2.24) is 5.32 Å². The van der Waals surface area contributed by atoms with Gasteiger partial charge in [0.15, 0.2) is 0 Å². The lowest BCUT2D eigenvalue weighted by Gasteiger charge is -2.38. The molecule has 2 atom stereocenters. The van der Waals surface area contributed by atoms with Gasteiger partial charge in [-0.05, 0) is 31.4 Å². The van der Waals surface area contributed by atoms with Crippen molar-refractivity contribution in [3.8, 4) is 0 Å². The summed E-state index contributed by atoms with van der Waals surface area (Å²) in [6, 6.07) is 4.80. The van der Waals surface area contributed by atoms with Gasteiger partial charge >= 0.3 is 0 Å². The maximum absolute atomic E-state index is 14.2. The third-order valence-corrected chi connectivity index (χ3v) is 3.79. The molecule has 2 aliphatic rings. The Labute approximate surface area is 95.4 Å². The van der Waals surface area contributed by atoms with Crippen LogP contribution in [0.1, 0.15) is 18.1 Å². The van der Waals surface area contributed by atoms with Gasteiger partial charge in [-0.25, -0.2) is 4.39 Å². The number of nitrogens with zero attached hydrogens (tertiary/aromatic N) is 1. The molecule has 0 radical (unpaired) electrons. The first-order chi connectivity index (χ1) is 7.68. The number of hydrogen-bond acceptors (Lipinski definition) is 2. The lowest BCUT2D eigenvalue weighted by molar-refractivity contribution is 0.425. The second-order valence-electron chi connectivity index (χ2n) is 4.98. The fraction of sp³-hybridized carbons (Fsp3) is 0.538. The summed E-state index contributed by atoms with van der Waals surface area (Å²) < 4.78 is 14.2. The molecular formula is C13H17FN2. The third-order valence-electron chi connectivity index (χ3n) is 3.79. The van der Waals surface area contributed by atoms with Gasteiger partial charge in [-0.2, -0.15) is 0 Å². The Morgan fingerprint density at radius 1 is 1.38 bits per heavy atom. The molecule has 1 fully saturated rings. The first-order valence-corrected chi connectivity index (χ1v) is 5.95. The minimum atomic E-state index is -0.0197. The number of anilines is 1. The fourth-order valence-corrected chi connectivity index (χ4v) is 2.99. The maximum Gasteiger partial charge on any atom is 0.149 e. The molecule has 1 unspecified atom stereocenters. The van der Waals surface area contributed by atoms with Crippen molar-refractivity contribution in [2.75, 3.05) is 18.0 Å². The largest absolute Gasteiger partial charge is 0.360 e. The Morgan fingerprint density at radius 3 is 3.00 bits per heavy atom. The number of rotatable bonds is 0. The molecule has 0 aromatic heterocycles. The molecule has 0 bridgehead atoms. The molecule has 1 aromatic carbocycles. The monoisotopic (exact) mass is 220 g/mol. The maximum atomic E-state index is 14.2. The van der Waals surface area contributed by atoms with Gasteiger partial charge in [-0.3, -0.25) is 0 Å². The number of nitrogens with one attached hydrogen (secondary N) is 1. The van der Waals surface area contributed by atoms with Crippen molar-refractivity contribution in [2.45, 2.75) is 32.4 Å². The highest BCUT2D eigenvalue weighted by Crippen LogP contribution is 2.38. The predicted octanol–water partition coefficient (Wildman–Crippen LogP) is 1.86. The highest BCUT2D eigenvalue weighted by molar-refractivity contribution is 5.63. The Kier molecular flexibility index (Phi) is 2.18. The first-order valence-electron chi connectivity index (χ1n) is 5.95. The van der Waals surface area contributed by atoms with Gasteiger partial charge in [-0.1, -0.05) is 12.1 Å². The van der Waals surface area contributed by atoms with Crippen LogP contribution in [-0.4, -0.2) is 25.2 Å². The van der Waals surface area contributed by atoms with Crippen molar-refractivity contribution in [1.29, 1.82) is 0 Å². The second kappa shape index (κ2) is 3.45. The van der Waals surface area contributed by atoms with Crippen LogP contribution in [0.3, 0.4) is 0 Å². The average molecular weight is 220 g/mol. The second-order valence-corrected chi connectivity index (χ2v) is 4.98. The highest BCUT2D eigenvalue weighted by Gasteiger charge is 2.37. The van der Waals surface area contributed by atoms with E-state index in [2.05, 4.69) is 23.2 Å². The number of benzene rings is 1. The van der Waals surface area contributed by atoms with E-state index < -0.39 is 0 Å². The molecule has 86 valence electrons. The van der Waals surface area contributed by atoms with Gasteiger partial charge in [0.05, 0.1) is 5.69 Å². The predicted molar refractivity (Wildman–Crippen MR) is 63.4 cm³/mol. The van der Waals surface area contributed by atoms with Crippen LogP contribution in [0.15, 0.2) is 12.1 Å². The van der Waals surface area contributed by atoms with Crippen molar-refractivity contribution >= 4 is 5.69 Å². The zero-order valence-electron chi connectivity index (χ0n) is 9.76. The molecule has 1 aromatic rings. The van der Waals surface area contributed by atoms with E-state index in [1.807, 2.05) is 13.0 Å². The summed E-state index contributed by atoms with van der Waals surface area (Å²) in [6.45, 7) is 5.92. The van der Waals surface area contributed by atoms with Gasteiger partial charge < -0.3 is 10.2 Å². The SMILES string of the molecule is Cc1ccc2c(c1F)N1C(C)CNC[C@H]1C2. The van der Waals surface area contributed by atoms with Gasteiger partial charge in [0, 0.05) is 25.2 Å². The summed E-state index contributed by atoms with van der Waals surface area (Å²) in [5.74, 6) is -0.0197. The van der Waals surface area contributed by atoms with E-state index in [-0.39, 0.29) is 5.82 Å². The molecule has 0 spiro atoms. The van der Waals surface area contributed by atoms with E-state index in [0.29, 0.717) is 12.1 Å². The van der Waals surface area contributed by atoms with E-state index in [1.165, 1.54) is 5.56 Å². The van der Waals surface area contributed by atoms with Crippen LogP contribution in [0, 0.1) is 12.7 Å². The Hall–Kier alpha value is -1.09. The molecule has 0 amide bonds. The third kappa shape index (κ3) is 1.27. The smallest absolute Gasteiger partial charge is 0.149 e. The van der Waals surface area contributed by atoms with Crippen molar-refractivity contribution in [2.24, 2.45) is 0 Å². The zero-order valence-corrected chi connectivity index (χ0v) is 9.76. The summed E-state index contributed by atoms with van der Waals surface area (Å²) in [5.41, 5.74) is 2.78. The molecule has 1 N–H and O–H groups in total. The normalized spacial score (nSPS) is 27.8.